The minimum Gasteiger partial charge on any atom is -0.371 e. The lowest BCUT2D eigenvalue weighted by atomic mass is 9.87. The Morgan fingerprint density at radius 3 is 2.28 bits per heavy atom. The molecule has 18 heavy (non-hydrogen) atoms. The molecule has 1 unspecified atom stereocenters. The van der Waals surface area contributed by atoms with Gasteiger partial charge in [0.1, 0.15) is 0 Å². The summed E-state index contributed by atoms with van der Waals surface area (Å²) < 4.78 is 0.862. The maximum absolute atomic E-state index is 11.4. The first-order valence-electron chi connectivity index (χ1n) is 6.18. The topological polar surface area (TPSA) is 20.3 Å². The van der Waals surface area contributed by atoms with Crippen LogP contribution in [-0.2, 0) is 0 Å². The van der Waals surface area contributed by atoms with Crippen LogP contribution in [0.5, 0.6) is 0 Å². The van der Waals surface area contributed by atoms with Gasteiger partial charge in [-0.15, -0.1) is 0 Å². The quantitative estimate of drug-likeness (QED) is 0.765. The van der Waals surface area contributed by atoms with Gasteiger partial charge in [-0.2, -0.15) is 0 Å². The van der Waals surface area contributed by atoms with E-state index in [0.29, 0.717) is 6.04 Å². The largest absolute Gasteiger partial charge is 0.371 e. The van der Waals surface area contributed by atoms with E-state index in [1.807, 2.05) is 18.2 Å². The summed E-state index contributed by atoms with van der Waals surface area (Å²) in [6.45, 7) is 10.5. The van der Waals surface area contributed by atoms with Crippen LogP contribution in [-0.4, -0.2) is 18.9 Å². The number of nitrogens with zero attached hydrogens (tertiary/aromatic N) is 1. The number of hydrogen-bond acceptors (Lipinski definition) is 2. The first-order valence-corrected chi connectivity index (χ1v) is 6.97. The zero-order valence-corrected chi connectivity index (χ0v) is 13.6. The van der Waals surface area contributed by atoms with Crippen molar-refractivity contribution in [1.29, 1.82) is 0 Å². The van der Waals surface area contributed by atoms with Crippen molar-refractivity contribution in [3.05, 3.63) is 28.2 Å². The highest BCUT2D eigenvalue weighted by Gasteiger charge is 2.24. The fourth-order valence-corrected chi connectivity index (χ4v) is 2.46. The third kappa shape index (κ3) is 3.35. The van der Waals surface area contributed by atoms with Crippen LogP contribution in [0.4, 0.5) is 5.69 Å². The molecule has 0 aliphatic rings. The molecule has 1 aromatic carbocycles. The SMILES string of the molecule is CC(=O)c1ccc(N(C)C(C)C(C)(C)C)cc1Br. The highest BCUT2D eigenvalue weighted by atomic mass is 79.9. The van der Waals surface area contributed by atoms with E-state index < -0.39 is 0 Å². The molecule has 0 fully saturated rings. The van der Waals surface area contributed by atoms with Crippen molar-refractivity contribution in [1.82, 2.24) is 0 Å². The van der Waals surface area contributed by atoms with Gasteiger partial charge in [0.05, 0.1) is 0 Å². The van der Waals surface area contributed by atoms with Crippen LogP contribution in [0.1, 0.15) is 45.0 Å². The monoisotopic (exact) mass is 311 g/mol. The Kier molecular flexibility index (Phi) is 4.60. The summed E-state index contributed by atoms with van der Waals surface area (Å²) in [6.07, 6.45) is 0. The van der Waals surface area contributed by atoms with E-state index in [2.05, 4.69) is 55.6 Å². The molecule has 0 amide bonds. The van der Waals surface area contributed by atoms with Crippen molar-refractivity contribution >= 4 is 27.4 Å². The number of halogens is 1. The standard InChI is InChI=1S/C15H22BrNO/c1-10(18)13-8-7-12(9-14(13)16)17(6)11(2)15(3,4)5/h7-9,11H,1-6H3. The van der Waals surface area contributed by atoms with Gasteiger partial charge in [-0.3, -0.25) is 4.79 Å². The Bertz CT molecular complexity index is 448. The first kappa shape index (κ1) is 15.2. The first-order chi connectivity index (χ1) is 8.14. The van der Waals surface area contributed by atoms with Crippen LogP contribution >= 0.6 is 15.9 Å². The van der Waals surface area contributed by atoms with Crippen LogP contribution in [0.2, 0.25) is 0 Å². The van der Waals surface area contributed by atoms with Crippen LogP contribution in [0.25, 0.3) is 0 Å². The second-order valence-corrected chi connectivity index (χ2v) is 6.73. The molecule has 100 valence electrons. The summed E-state index contributed by atoms with van der Waals surface area (Å²) in [5, 5.41) is 0. The third-order valence-corrected chi connectivity index (χ3v) is 4.23. The average molecular weight is 312 g/mol. The number of ketones is 1. The second kappa shape index (κ2) is 5.43. The summed E-state index contributed by atoms with van der Waals surface area (Å²) in [7, 11) is 2.09. The molecule has 0 radical (unpaired) electrons. The van der Waals surface area contributed by atoms with E-state index in [1.54, 1.807) is 6.92 Å². The summed E-state index contributed by atoms with van der Waals surface area (Å²) >= 11 is 3.47. The number of carbonyl (C=O) groups excluding carboxylic acids is 1. The fraction of sp³-hybridized carbons (Fsp3) is 0.533. The van der Waals surface area contributed by atoms with Crippen molar-refractivity contribution in [3.63, 3.8) is 0 Å². The summed E-state index contributed by atoms with van der Waals surface area (Å²) in [4.78, 5) is 13.6. The van der Waals surface area contributed by atoms with E-state index in [1.165, 1.54) is 0 Å². The summed E-state index contributed by atoms with van der Waals surface area (Å²) in [5.41, 5.74) is 2.06. The zero-order valence-electron chi connectivity index (χ0n) is 12.0. The Balaban J connectivity index is 3.05. The van der Waals surface area contributed by atoms with Gasteiger partial charge in [-0.05, 0) is 53.4 Å². The number of carbonyl (C=O) groups is 1. The zero-order chi connectivity index (χ0) is 14.1. The number of benzene rings is 1. The number of Topliss-reactive ketones (excluding diaryl/α,β-unsaturated/α-hetero) is 1. The number of hydrogen-bond donors (Lipinski definition) is 0. The molecule has 0 N–H and O–H groups in total. The van der Waals surface area contributed by atoms with Gasteiger partial charge in [0.15, 0.2) is 5.78 Å². The Hall–Kier alpha value is -0.830. The highest BCUT2D eigenvalue weighted by molar-refractivity contribution is 9.10. The molecular weight excluding hydrogens is 290 g/mol. The van der Waals surface area contributed by atoms with Gasteiger partial charge in [-0.1, -0.05) is 20.8 Å². The van der Waals surface area contributed by atoms with E-state index in [4.69, 9.17) is 0 Å². The highest BCUT2D eigenvalue weighted by Crippen LogP contribution is 2.30. The lowest BCUT2D eigenvalue weighted by Gasteiger charge is -2.37. The van der Waals surface area contributed by atoms with Crippen LogP contribution in [0.15, 0.2) is 22.7 Å². The van der Waals surface area contributed by atoms with Crippen molar-refractivity contribution in [2.75, 3.05) is 11.9 Å². The van der Waals surface area contributed by atoms with Crippen molar-refractivity contribution in [3.8, 4) is 0 Å². The van der Waals surface area contributed by atoms with E-state index in [-0.39, 0.29) is 11.2 Å². The molecule has 0 aliphatic carbocycles. The average Bonchev–Trinajstić information content (AvgIpc) is 2.25. The van der Waals surface area contributed by atoms with Gasteiger partial charge >= 0.3 is 0 Å². The Morgan fingerprint density at radius 1 is 1.33 bits per heavy atom. The molecule has 0 saturated carbocycles. The maximum Gasteiger partial charge on any atom is 0.160 e. The van der Waals surface area contributed by atoms with Crippen LogP contribution < -0.4 is 4.90 Å². The molecular formula is C15H22BrNO. The normalized spacial score (nSPS) is 13.3. The lowest BCUT2D eigenvalue weighted by Crippen LogP contribution is -2.39. The van der Waals surface area contributed by atoms with Gasteiger partial charge in [0.2, 0.25) is 0 Å². The molecule has 1 atom stereocenters. The molecule has 0 spiro atoms. The van der Waals surface area contributed by atoms with Crippen molar-refractivity contribution < 1.29 is 4.79 Å². The molecule has 2 nitrogen and oxygen atoms in total. The van der Waals surface area contributed by atoms with E-state index in [9.17, 15) is 4.79 Å². The smallest absolute Gasteiger partial charge is 0.160 e. The molecule has 0 saturated heterocycles. The maximum atomic E-state index is 11.4. The lowest BCUT2D eigenvalue weighted by molar-refractivity contribution is 0.101. The van der Waals surface area contributed by atoms with Gasteiger partial charge in [0, 0.05) is 28.8 Å². The number of anilines is 1. The summed E-state index contributed by atoms with van der Waals surface area (Å²) in [6, 6.07) is 6.31. The second-order valence-electron chi connectivity index (χ2n) is 5.87. The van der Waals surface area contributed by atoms with Gasteiger partial charge in [-0.25, -0.2) is 0 Å². The molecule has 3 heteroatoms. The minimum atomic E-state index is 0.0833. The minimum absolute atomic E-state index is 0.0833. The Labute approximate surface area is 119 Å². The predicted molar refractivity (Wildman–Crippen MR) is 81.5 cm³/mol. The van der Waals surface area contributed by atoms with Crippen molar-refractivity contribution in [2.24, 2.45) is 5.41 Å². The van der Waals surface area contributed by atoms with Gasteiger partial charge < -0.3 is 4.90 Å². The summed E-state index contributed by atoms with van der Waals surface area (Å²) in [5.74, 6) is 0.0833. The molecule has 1 rings (SSSR count). The number of rotatable bonds is 3. The van der Waals surface area contributed by atoms with Crippen LogP contribution in [0.3, 0.4) is 0 Å². The molecule has 0 heterocycles. The third-order valence-electron chi connectivity index (χ3n) is 3.57. The van der Waals surface area contributed by atoms with Crippen LogP contribution in [0, 0.1) is 5.41 Å². The van der Waals surface area contributed by atoms with Gasteiger partial charge in [0.25, 0.3) is 0 Å². The molecule has 0 aliphatic heterocycles. The molecule has 0 bridgehead atoms. The fourth-order valence-electron chi connectivity index (χ4n) is 1.81. The molecule has 1 aromatic rings. The van der Waals surface area contributed by atoms with E-state index in [0.717, 1.165) is 15.7 Å². The van der Waals surface area contributed by atoms with E-state index >= 15 is 0 Å². The predicted octanol–water partition coefficient (Wildman–Crippen LogP) is 4.52. The van der Waals surface area contributed by atoms with Crippen molar-refractivity contribution in [2.45, 2.75) is 40.7 Å². The Morgan fingerprint density at radius 2 is 1.89 bits per heavy atom. The molecule has 0 aromatic heterocycles.